The highest BCUT2D eigenvalue weighted by molar-refractivity contribution is 7.26. The van der Waals surface area contributed by atoms with Gasteiger partial charge in [0.2, 0.25) is 0 Å². The molecule has 1 nitrogen and oxygen atoms in total. The Morgan fingerprint density at radius 2 is 0.697 bits per heavy atom. The van der Waals surface area contributed by atoms with Gasteiger partial charge in [-0.3, -0.25) is 0 Å². The van der Waals surface area contributed by atoms with Crippen LogP contribution in [0.1, 0.15) is 0 Å². The van der Waals surface area contributed by atoms with Crippen molar-refractivity contribution in [1.29, 1.82) is 0 Å². The van der Waals surface area contributed by atoms with Crippen LogP contribution >= 0.6 is 11.3 Å². The van der Waals surface area contributed by atoms with Gasteiger partial charge in [-0.1, -0.05) is 200 Å². The van der Waals surface area contributed by atoms with Gasteiger partial charge in [0.15, 0.2) is 0 Å². The van der Waals surface area contributed by atoms with Crippen LogP contribution in [0.2, 0.25) is 0 Å². The molecule has 0 saturated carbocycles. The van der Waals surface area contributed by atoms with Gasteiger partial charge < -0.3 is 4.57 Å². The molecule has 2 aromatic heterocycles. The lowest BCUT2D eigenvalue weighted by Crippen LogP contribution is -1.94. The maximum Gasteiger partial charge on any atom is 0.0541 e. The second-order valence-corrected chi connectivity index (χ2v) is 18.5. The molecule has 12 aromatic carbocycles. The molecule has 66 heavy (non-hydrogen) atoms. The van der Waals surface area contributed by atoms with Crippen LogP contribution in [0.4, 0.5) is 0 Å². The van der Waals surface area contributed by atoms with E-state index in [0.29, 0.717) is 0 Å². The first kappa shape index (κ1) is 37.1. The van der Waals surface area contributed by atoms with Gasteiger partial charge in [-0.15, -0.1) is 11.3 Å². The molecule has 0 N–H and O–H groups in total. The Balaban J connectivity index is 0.892. The molecule has 0 aliphatic rings. The maximum absolute atomic E-state index is 2.44. The van der Waals surface area contributed by atoms with Gasteiger partial charge in [-0.2, -0.15) is 0 Å². The summed E-state index contributed by atoms with van der Waals surface area (Å²) in [5.41, 5.74) is 13.6. The Morgan fingerprint density at radius 3 is 1.33 bits per heavy atom. The molecule has 306 valence electrons. The van der Waals surface area contributed by atoms with E-state index in [-0.39, 0.29) is 0 Å². The second-order valence-electron chi connectivity index (χ2n) is 17.5. The smallest absolute Gasteiger partial charge is 0.0541 e. The van der Waals surface area contributed by atoms with Gasteiger partial charge in [0, 0.05) is 36.6 Å². The number of fused-ring (bicyclic) bond motifs is 11. The lowest BCUT2D eigenvalue weighted by atomic mass is 9.86. The van der Waals surface area contributed by atoms with Crippen molar-refractivity contribution in [2.45, 2.75) is 0 Å². The first-order chi connectivity index (χ1) is 32.7. The van der Waals surface area contributed by atoms with Crippen LogP contribution < -0.4 is 0 Å². The van der Waals surface area contributed by atoms with E-state index in [1.54, 1.807) is 0 Å². The fourth-order valence-corrected chi connectivity index (χ4v) is 12.4. The Labute approximate surface area is 385 Å². The molecule has 0 amide bonds. The summed E-state index contributed by atoms with van der Waals surface area (Å²) < 4.78 is 5.09. The second kappa shape index (κ2) is 14.6. The highest BCUT2D eigenvalue weighted by Crippen LogP contribution is 2.47. The molecule has 2 heterocycles. The highest BCUT2D eigenvalue weighted by Gasteiger charge is 2.20. The van der Waals surface area contributed by atoms with Crippen molar-refractivity contribution >= 4 is 96.4 Å². The predicted octanol–water partition coefficient (Wildman–Crippen LogP) is 18.4. The molecule has 0 aliphatic carbocycles. The van der Waals surface area contributed by atoms with Crippen LogP contribution in [0.5, 0.6) is 0 Å². The van der Waals surface area contributed by atoms with Crippen LogP contribution in [0, 0.1) is 0 Å². The molecule has 14 rings (SSSR count). The summed E-state index contributed by atoms with van der Waals surface area (Å²) in [4.78, 5) is 0. The summed E-state index contributed by atoms with van der Waals surface area (Å²) in [7, 11) is 0. The minimum atomic E-state index is 1.15. The van der Waals surface area contributed by atoms with Crippen LogP contribution in [0.3, 0.4) is 0 Å². The standard InChI is InChI=1S/C64H39NS/c1-2-15-42(16-3-1)61-51-19-6-8-21-53(51)62(54-22-9-7-20-52(54)61)43-32-35-46(36-33-43)65-59-27-11-10-18-50(59)58-39-45(34-37-60(58)65)49-24-13-26-56-55-25-12-23-48(63(55)66-64(49)56)44-31-30-41-29-28-40-14-4-5-17-47(40)57(41)38-44/h1-39H. The molecular formula is C64H39NS. The molecular weight excluding hydrogens is 815 g/mol. The number of benzene rings is 12. The third-order valence-electron chi connectivity index (χ3n) is 14.0. The van der Waals surface area contributed by atoms with Crippen molar-refractivity contribution < 1.29 is 0 Å². The first-order valence-corrected chi connectivity index (χ1v) is 23.6. The zero-order valence-corrected chi connectivity index (χ0v) is 36.7. The number of hydrogen-bond donors (Lipinski definition) is 0. The van der Waals surface area contributed by atoms with Crippen LogP contribution in [0.25, 0.3) is 135 Å². The molecule has 0 aliphatic heterocycles. The zero-order chi connectivity index (χ0) is 43.3. The summed E-state index contributed by atoms with van der Waals surface area (Å²) in [5, 5.41) is 15.3. The maximum atomic E-state index is 2.44. The lowest BCUT2D eigenvalue weighted by Gasteiger charge is -2.18. The zero-order valence-electron chi connectivity index (χ0n) is 35.9. The summed E-state index contributed by atoms with van der Waals surface area (Å²) in [6, 6.07) is 87.6. The molecule has 0 spiro atoms. The fourth-order valence-electron chi connectivity index (χ4n) is 11.0. The average molecular weight is 854 g/mol. The van der Waals surface area contributed by atoms with E-state index in [9.17, 15) is 0 Å². The molecule has 0 radical (unpaired) electrons. The third kappa shape index (κ3) is 5.59. The van der Waals surface area contributed by atoms with Gasteiger partial charge in [0.25, 0.3) is 0 Å². The summed E-state index contributed by atoms with van der Waals surface area (Å²) in [5.74, 6) is 0. The van der Waals surface area contributed by atoms with Crippen LogP contribution in [-0.4, -0.2) is 4.57 Å². The van der Waals surface area contributed by atoms with E-state index in [4.69, 9.17) is 0 Å². The first-order valence-electron chi connectivity index (χ1n) is 22.7. The molecule has 2 heteroatoms. The molecule has 0 saturated heterocycles. The Morgan fingerprint density at radius 1 is 0.258 bits per heavy atom. The molecule has 0 fully saturated rings. The monoisotopic (exact) mass is 853 g/mol. The van der Waals surface area contributed by atoms with Gasteiger partial charge in [-0.05, 0) is 124 Å². The van der Waals surface area contributed by atoms with E-state index in [1.807, 2.05) is 11.3 Å². The van der Waals surface area contributed by atoms with Crippen molar-refractivity contribution in [3.8, 4) is 50.2 Å². The quantitative estimate of drug-likeness (QED) is 0.120. The van der Waals surface area contributed by atoms with Crippen molar-refractivity contribution in [3.05, 3.63) is 237 Å². The van der Waals surface area contributed by atoms with Crippen LogP contribution in [-0.2, 0) is 0 Å². The van der Waals surface area contributed by atoms with E-state index < -0.39 is 0 Å². The molecule has 0 atom stereocenters. The largest absolute Gasteiger partial charge is 0.309 e. The minimum Gasteiger partial charge on any atom is -0.309 e. The van der Waals surface area contributed by atoms with E-state index >= 15 is 0 Å². The normalized spacial score (nSPS) is 11.9. The number of rotatable bonds is 5. The van der Waals surface area contributed by atoms with Gasteiger partial charge in [-0.25, -0.2) is 0 Å². The lowest BCUT2D eigenvalue weighted by molar-refractivity contribution is 1.18. The SMILES string of the molecule is c1ccc(-c2c3ccccc3c(-c3ccc(-n4c5ccccc5c5cc(-c6cccc7c6sc6c(-c8ccc9ccc%10ccccc%10c9c8)cccc67)ccc54)cc3)c3ccccc23)cc1. The highest BCUT2D eigenvalue weighted by atomic mass is 32.1. The number of nitrogens with zero attached hydrogens (tertiary/aromatic N) is 1. The number of thiophene rings is 1. The number of aromatic nitrogens is 1. The summed E-state index contributed by atoms with van der Waals surface area (Å²) in [6.45, 7) is 0. The van der Waals surface area contributed by atoms with E-state index in [0.717, 1.165) is 5.69 Å². The van der Waals surface area contributed by atoms with Gasteiger partial charge in [0.1, 0.15) is 0 Å². The van der Waals surface area contributed by atoms with E-state index in [2.05, 4.69) is 241 Å². The van der Waals surface area contributed by atoms with Gasteiger partial charge >= 0.3 is 0 Å². The Hall–Kier alpha value is -8.30. The Bertz CT molecular complexity index is 4210. The van der Waals surface area contributed by atoms with Crippen molar-refractivity contribution in [2.75, 3.05) is 0 Å². The van der Waals surface area contributed by atoms with Crippen molar-refractivity contribution in [2.24, 2.45) is 0 Å². The number of para-hydroxylation sites is 1. The third-order valence-corrected chi connectivity index (χ3v) is 15.3. The Kier molecular flexibility index (Phi) is 8.22. The average Bonchev–Trinajstić information content (AvgIpc) is 3.94. The topological polar surface area (TPSA) is 4.93 Å². The van der Waals surface area contributed by atoms with E-state index in [1.165, 1.54) is 130 Å². The van der Waals surface area contributed by atoms with Crippen LogP contribution in [0.15, 0.2) is 237 Å². The van der Waals surface area contributed by atoms with Crippen molar-refractivity contribution in [1.82, 2.24) is 4.57 Å². The molecule has 0 unspecified atom stereocenters. The summed E-state index contributed by atoms with van der Waals surface area (Å²) >= 11 is 1.92. The molecule has 0 bridgehead atoms. The number of hydrogen-bond acceptors (Lipinski definition) is 1. The summed E-state index contributed by atoms with van der Waals surface area (Å²) in [6.07, 6.45) is 0. The minimum absolute atomic E-state index is 1.15. The van der Waals surface area contributed by atoms with Crippen molar-refractivity contribution in [3.63, 3.8) is 0 Å². The fraction of sp³-hybridized carbons (Fsp3) is 0. The predicted molar refractivity (Wildman–Crippen MR) is 285 cm³/mol. The van der Waals surface area contributed by atoms with Gasteiger partial charge in [0.05, 0.1) is 11.0 Å². The molecule has 14 aromatic rings.